The quantitative estimate of drug-likeness (QED) is 0.168. The summed E-state index contributed by atoms with van der Waals surface area (Å²) in [5.41, 5.74) is 5.05. The van der Waals surface area contributed by atoms with Gasteiger partial charge >= 0.3 is 11.9 Å². The van der Waals surface area contributed by atoms with Crippen LogP contribution in [0.1, 0.15) is 94.9 Å². The fourth-order valence-corrected chi connectivity index (χ4v) is 5.91. The summed E-state index contributed by atoms with van der Waals surface area (Å²) in [7, 11) is 0. The first-order chi connectivity index (χ1) is 23.4. The number of esters is 2. The molecule has 11 heteroatoms. The number of amides is 4. The van der Waals surface area contributed by atoms with Crippen molar-refractivity contribution in [3.63, 3.8) is 0 Å². The zero-order chi connectivity index (χ0) is 35.8. The summed E-state index contributed by atoms with van der Waals surface area (Å²) in [5, 5.41) is 5.66. The highest BCUT2D eigenvalue weighted by Gasteiger charge is 2.45. The number of carbonyl (C=O) groups is 6. The predicted molar refractivity (Wildman–Crippen MR) is 184 cm³/mol. The highest BCUT2D eigenvalue weighted by atomic mass is 16.5. The Bertz CT molecular complexity index is 1740. The molecule has 3 aromatic carbocycles. The standard InChI is InChI=1S/C38H43N3O8/c1-7-23-13-11-14-24(8-2)32(23)39-30(42)20-48-37(46)27-17-18-28-29(19-27)36(45)41(35(28)44)34(22(5)6)38(47)49-21-31(43)40-33-25(9-3)15-12-16-26(33)10-4/h11-19,22,34H,7-10,20-21H2,1-6H3,(H,39,42)(H,40,43)/t34-/m0/s1. The largest absolute Gasteiger partial charge is 0.454 e. The minimum absolute atomic E-state index is 0.00187. The van der Waals surface area contributed by atoms with Gasteiger partial charge in [-0.1, -0.05) is 77.9 Å². The second kappa shape index (κ2) is 16.2. The maximum absolute atomic E-state index is 13.5. The van der Waals surface area contributed by atoms with Gasteiger partial charge in [0.15, 0.2) is 13.2 Å². The molecule has 4 rings (SSSR count). The summed E-state index contributed by atoms with van der Waals surface area (Å²) in [4.78, 5) is 79.5. The van der Waals surface area contributed by atoms with Crippen LogP contribution < -0.4 is 10.6 Å². The Labute approximate surface area is 286 Å². The molecule has 0 fully saturated rings. The number of aryl methyl sites for hydroxylation is 4. The number of nitrogens with zero attached hydrogens (tertiary/aromatic N) is 1. The number of carbonyl (C=O) groups excluding carboxylic acids is 6. The Balaban J connectivity index is 1.42. The molecule has 0 radical (unpaired) electrons. The molecule has 0 bridgehead atoms. The summed E-state index contributed by atoms with van der Waals surface area (Å²) < 4.78 is 10.6. The fourth-order valence-electron chi connectivity index (χ4n) is 5.91. The van der Waals surface area contributed by atoms with Crippen molar-refractivity contribution in [1.82, 2.24) is 4.90 Å². The molecule has 0 saturated heterocycles. The number of ether oxygens (including phenoxy) is 2. The molecule has 0 aromatic heterocycles. The van der Waals surface area contributed by atoms with E-state index in [4.69, 9.17) is 9.47 Å². The van der Waals surface area contributed by atoms with Crippen molar-refractivity contribution in [3.8, 4) is 0 Å². The molecule has 1 atom stereocenters. The van der Waals surface area contributed by atoms with Crippen LogP contribution in [0.3, 0.4) is 0 Å². The van der Waals surface area contributed by atoms with Crippen LogP contribution in [0.15, 0.2) is 54.6 Å². The van der Waals surface area contributed by atoms with E-state index < -0.39 is 60.7 Å². The lowest BCUT2D eigenvalue weighted by Crippen LogP contribution is -2.49. The normalized spacial score (nSPS) is 12.8. The fraction of sp³-hybridized carbons (Fsp3) is 0.368. The van der Waals surface area contributed by atoms with Crippen LogP contribution in [0.2, 0.25) is 0 Å². The number of rotatable bonds is 14. The lowest BCUT2D eigenvalue weighted by molar-refractivity contribution is -0.152. The number of hydrogen-bond donors (Lipinski definition) is 2. The van der Waals surface area contributed by atoms with Crippen LogP contribution in [0.5, 0.6) is 0 Å². The summed E-state index contributed by atoms with van der Waals surface area (Å²) in [6.07, 6.45) is 2.81. The topological polar surface area (TPSA) is 148 Å². The Morgan fingerprint density at radius 2 is 1.10 bits per heavy atom. The predicted octanol–water partition coefficient (Wildman–Crippen LogP) is 5.53. The molecule has 0 spiro atoms. The average molecular weight is 670 g/mol. The highest BCUT2D eigenvalue weighted by Crippen LogP contribution is 2.29. The molecule has 258 valence electrons. The highest BCUT2D eigenvalue weighted by molar-refractivity contribution is 6.23. The first-order valence-corrected chi connectivity index (χ1v) is 16.6. The number of nitrogens with one attached hydrogen (secondary N) is 2. The third kappa shape index (κ3) is 8.05. The van der Waals surface area contributed by atoms with Gasteiger partial charge in [-0.05, 0) is 72.1 Å². The molecule has 1 aliphatic rings. The monoisotopic (exact) mass is 669 g/mol. The summed E-state index contributed by atoms with van der Waals surface area (Å²) in [6, 6.07) is 14.0. The van der Waals surface area contributed by atoms with E-state index in [1.807, 2.05) is 64.1 Å². The number of fused-ring (bicyclic) bond motifs is 1. The van der Waals surface area contributed by atoms with E-state index in [1.54, 1.807) is 13.8 Å². The molecule has 0 saturated carbocycles. The zero-order valence-electron chi connectivity index (χ0n) is 28.8. The first-order valence-electron chi connectivity index (χ1n) is 16.6. The van der Waals surface area contributed by atoms with Crippen molar-refractivity contribution in [2.24, 2.45) is 5.92 Å². The van der Waals surface area contributed by atoms with Gasteiger partial charge in [-0.15, -0.1) is 0 Å². The number of para-hydroxylation sites is 2. The number of anilines is 2. The van der Waals surface area contributed by atoms with Crippen LogP contribution in [0, 0.1) is 5.92 Å². The van der Waals surface area contributed by atoms with E-state index in [9.17, 15) is 28.8 Å². The molecule has 49 heavy (non-hydrogen) atoms. The van der Waals surface area contributed by atoms with E-state index >= 15 is 0 Å². The van der Waals surface area contributed by atoms with E-state index in [0.29, 0.717) is 37.1 Å². The van der Waals surface area contributed by atoms with Crippen LogP contribution in [-0.2, 0) is 49.5 Å². The Morgan fingerprint density at radius 1 is 0.653 bits per heavy atom. The van der Waals surface area contributed by atoms with Crippen LogP contribution in [-0.4, -0.2) is 59.7 Å². The van der Waals surface area contributed by atoms with Crippen molar-refractivity contribution in [1.29, 1.82) is 0 Å². The molecule has 1 aliphatic heterocycles. The second-order valence-corrected chi connectivity index (χ2v) is 12.0. The van der Waals surface area contributed by atoms with Crippen molar-refractivity contribution < 1.29 is 38.2 Å². The van der Waals surface area contributed by atoms with Crippen molar-refractivity contribution >= 4 is 46.9 Å². The molecular weight excluding hydrogens is 626 g/mol. The van der Waals surface area contributed by atoms with Gasteiger partial charge in [0.2, 0.25) is 0 Å². The van der Waals surface area contributed by atoms with Gasteiger partial charge in [-0.25, -0.2) is 9.59 Å². The summed E-state index contributed by atoms with van der Waals surface area (Å²) >= 11 is 0. The smallest absolute Gasteiger partial charge is 0.338 e. The van der Waals surface area contributed by atoms with Crippen LogP contribution in [0.4, 0.5) is 11.4 Å². The third-order valence-electron chi connectivity index (χ3n) is 8.51. The maximum Gasteiger partial charge on any atom is 0.338 e. The zero-order valence-corrected chi connectivity index (χ0v) is 28.8. The Hall–Kier alpha value is -5.32. The molecule has 3 aromatic rings. The van der Waals surface area contributed by atoms with Gasteiger partial charge in [0.05, 0.1) is 16.7 Å². The summed E-state index contributed by atoms with van der Waals surface area (Å²) in [6.45, 7) is 10.0. The van der Waals surface area contributed by atoms with Crippen molar-refractivity contribution in [2.75, 3.05) is 23.8 Å². The Kier molecular flexibility index (Phi) is 12.1. The molecule has 2 N–H and O–H groups in total. The van der Waals surface area contributed by atoms with Gasteiger partial charge in [0.25, 0.3) is 23.6 Å². The van der Waals surface area contributed by atoms with Crippen molar-refractivity contribution in [3.05, 3.63) is 93.5 Å². The second-order valence-electron chi connectivity index (χ2n) is 12.0. The SMILES string of the molecule is CCc1cccc(CC)c1NC(=O)COC(=O)c1ccc2c(c1)C(=O)N([C@H](C(=O)OCC(=O)Nc1c(CC)cccc1CC)C(C)C)C2=O. The van der Waals surface area contributed by atoms with E-state index in [0.717, 1.165) is 27.2 Å². The summed E-state index contributed by atoms with van der Waals surface area (Å²) in [5.74, 6) is -4.93. The minimum Gasteiger partial charge on any atom is -0.454 e. The molecule has 11 nitrogen and oxygen atoms in total. The molecule has 0 unspecified atom stereocenters. The van der Waals surface area contributed by atoms with E-state index in [-0.39, 0.29) is 16.7 Å². The van der Waals surface area contributed by atoms with E-state index in [1.165, 1.54) is 18.2 Å². The third-order valence-corrected chi connectivity index (χ3v) is 8.51. The molecular formula is C38H43N3O8. The van der Waals surface area contributed by atoms with Crippen molar-refractivity contribution in [2.45, 2.75) is 73.3 Å². The van der Waals surface area contributed by atoms with Gasteiger partial charge in [-0.3, -0.25) is 24.1 Å². The van der Waals surface area contributed by atoms with E-state index in [2.05, 4.69) is 10.6 Å². The average Bonchev–Trinajstić information content (AvgIpc) is 3.34. The van der Waals surface area contributed by atoms with Crippen LogP contribution >= 0.6 is 0 Å². The Morgan fingerprint density at radius 3 is 1.55 bits per heavy atom. The number of hydrogen-bond acceptors (Lipinski definition) is 8. The maximum atomic E-state index is 13.5. The van der Waals surface area contributed by atoms with Gasteiger partial charge in [0.1, 0.15) is 6.04 Å². The van der Waals surface area contributed by atoms with Gasteiger partial charge in [0, 0.05) is 11.4 Å². The number of imide groups is 1. The molecule has 0 aliphatic carbocycles. The van der Waals surface area contributed by atoms with Gasteiger partial charge in [-0.2, -0.15) is 0 Å². The molecule has 4 amide bonds. The lowest BCUT2D eigenvalue weighted by atomic mass is 10.0. The number of benzene rings is 3. The molecule has 1 heterocycles. The lowest BCUT2D eigenvalue weighted by Gasteiger charge is -2.27. The first kappa shape index (κ1) is 36.5. The van der Waals surface area contributed by atoms with Gasteiger partial charge < -0.3 is 20.1 Å². The van der Waals surface area contributed by atoms with Crippen LogP contribution in [0.25, 0.3) is 0 Å². The minimum atomic E-state index is -1.33.